The fourth-order valence-corrected chi connectivity index (χ4v) is 5.31. The maximum Gasteiger partial charge on any atom is 0.416 e. The average Bonchev–Trinajstić information content (AvgIpc) is 2.84. The molecule has 0 fully saturated rings. The molecule has 0 aliphatic heterocycles. The summed E-state index contributed by atoms with van der Waals surface area (Å²) in [6, 6.07) is 23.1. The van der Waals surface area contributed by atoms with E-state index in [1.807, 2.05) is 6.07 Å². The summed E-state index contributed by atoms with van der Waals surface area (Å²) in [6.07, 6.45) is -4.63. The van der Waals surface area contributed by atoms with Crippen molar-refractivity contribution in [3.63, 3.8) is 0 Å². The first-order valence-electron chi connectivity index (χ1n) is 10.6. The van der Waals surface area contributed by atoms with Crippen molar-refractivity contribution in [2.24, 2.45) is 0 Å². The zero-order valence-electron chi connectivity index (χ0n) is 18.8. The lowest BCUT2D eigenvalue weighted by Gasteiger charge is -2.12. The molecular weight excluding hydrogens is 529 g/mol. The van der Waals surface area contributed by atoms with Crippen LogP contribution in [0, 0.1) is 0 Å². The summed E-state index contributed by atoms with van der Waals surface area (Å²) in [6.45, 7) is 0. The summed E-state index contributed by atoms with van der Waals surface area (Å²) < 4.78 is 99.4. The van der Waals surface area contributed by atoms with Gasteiger partial charge in [-0.1, -0.05) is 24.3 Å². The Bertz CT molecular complexity index is 1590. The van der Waals surface area contributed by atoms with E-state index in [4.69, 9.17) is 4.74 Å². The number of nitrogens with one attached hydrogen (secondary N) is 2. The summed E-state index contributed by atoms with van der Waals surface area (Å²) in [7, 11) is -8.22. The van der Waals surface area contributed by atoms with Crippen molar-refractivity contribution in [2.45, 2.75) is 16.0 Å². The molecule has 0 aliphatic rings. The van der Waals surface area contributed by atoms with Crippen molar-refractivity contribution >= 4 is 31.4 Å². The van der Waals surface area contributed by atoms with Crippen molar-refractivity contribution in [2.75, 3.05) is 9.44 Å². The Kier molecular flexibility index (Phi) is 7.14. The van der Waals surface area contributed by atoms with Gasteiger partial charge in [-0.15, -0.1) is 0 Å². The van der Waals surface area contributed by atoms with Crippen LogP contribution in [0.4, 0.5) is 24.5 Å². The van der Waals surface area contributed by atoms with Gasteiger partial charge in [0.1, 0.15) is 11.5 Å². The molecule has 0 saturated heterocycles. The standard InChI is InChI=1S/C25H19F3N2O5S2/c26-25(27,28)18-5-4-6-20(17-18)30-37(33,34)23-13-9-19(10-14-23)29-36(31,32)24-15-11-22(12-16-24)35-21-7-2-1-3-8-21/h1-17,29-30H. The van der Waals surface area contributed by atoms with Gasteiger partial charge in [-0.25, -0.2) is 16.8 Å². The number of alkyl halides is 3. The van der Waals surface area contributed by atoms with E-state index in [0.717, 1.165) is 24.3 Å². The van der Waals surface area contributed by atoms with E-state index in [-0.39, 0.29) is 21.2 Å². The first-order valence-corrected chi connectivity index (χ1v) is 13.5. The van der Waals surface area contributed by atoms with E-state index in [9.17, 15) is 30.0 Å². The van der Waals surface area contributed by atoms with Crippen LogP contribution in [0.5, 0.6) is 11.5 Å². The van der Waals surface area contributed by atoms with Gasteiger partial charge in [0.05, 0.1) is 15.4 Å². The predicted molar refractivity (Wildman–Crippen MR) is 132 cm³/mol. The molecule has 0 atom stereocenters. The summed E-state index contributed by atoms with van der Waals surface area (Å²) in [5.41, 5.74) is -1.18. The Morgan fingerprint density at radius 1 is 0.568 bits per heavy atom. The predicted octanol–water partition coefficient (Wildman–Crippen LogP) is 6.10. The highest BCUT2D eigenvalue weighted by atomic mass is 32.2. The summed E-state index contributed by atoms with van der Waals surface area (Å²) in [4.78, 5) is -0.314. The number of sulfonamides is 2. The molecule has 0 heterocycles. The van der Waals surface area contributed by atoms with Crippen molar-refractivity contribution < 1.29 is 34.7 Å². The minimum Gasteiger partial charge on any atom is -0.457 e. The largest absolute Gasteiger partial charge is 0.457 e. The average molecular weight is 549 g/mol. The number of benzene rings is 4. The lowest BCUT2D eigenvalue weighted by atomic mass is 10.2. The molecule has 0 saturated carbocycles. The number of rotatable bonds is 8. The van der Waals surface area contributed by atoms with E-state index in [0.29, 0.717) is 17.6 Å². The van der Waals surface area contributed by atoms with Crippen LogP contribution in [0.15, 0.2) is 113 Å². The molecule has 0 unspecified atom stereocenters. The lowest BCUT2D eigenvalue weighted by molar-refractivity contribution is -0.137. The first-order chi connectivity index (χ1) is 17.4. The fourth-order valence-electron chi connectivity index (χ4n) is 3.20. The highest BCUT2D eigenvalue weighted by Crippen LogP contribution is 2.31. The van der Waals surface area contributed by atoms with Crippen molar-refractivity contribution in [3.05, 3.63) is 109 Å². The second-order valence-corrected chi connectivity index (χ2v) is 11.1. The second kappa shape index (κ2) is 10.1. The second-order valence-electron chi connectivity index (χ2n) is 7.70. The number of anilines is 2. The zero-order valence-corrected chi connectivity index (χ0v) is 20.4. The van der Waals surface area contributed by atoms with Crippen molar-refractivity contribution in [1.82, 2.24) is 0 Å². The molecule has 7 nitrogen and oxygen atoms in total. The highest BCUT2D eigenvalue weighted by molar-refractivity contribution is 7.93. The van der Waals surface area contributed by atoms with Crippen LogP contribution in [0.25, 0.3) is 0 Å². The summed E-state index contributed by atoms with van der Waals surface area (Å²) >= 11 is 0. The van der Waals surface area contributed by atoms with Crippen molar-refractivity contribution in [3.8, 4) is 11.5 Å². The number of hydrogen-bond acceptors (Lipinski definition) is 5. The third-order valence-corrected chi connectivity index (χ3v) is 7.77. The molecule has 0 amide bonds. The molecule has 12 heteroatoms. The molecule has 0 bridgehead atoms. The number of ether oxygens (including phenoxy) is 1. The normalized spacial score (nSPS) is 12.1. The van der Waals surface area contributed by atoms with Gasteiger partial charge in [-0.3, -0.25) is 9.44 Å². The minimum absolute atomic E-state index is 0.0455. The van der Waals surface area contributed by atoms with E-state index in [1.165, 1.54) is 42.5 Å². The fraction of sp³-hybridized carbons (Fsp3) is 0.0400. The Balaban J connectivity index is 1.45. The molecule has 0 aliphatic carbocycles. The molecule has 0 radical (unpaired) electrons. The third kappa shape index (κ3) is 6.60. The topological polar surface area (TPSA) is 102 Å². The SMILES string of the molecule is O=S(=O)(Nc1ccc(S(=O)(=O)Nc2cccc(C(F)(F)F)c2)cc1)c1ccc(Oc2ccccc2)cc1. The number of para-hydroxylation sites is 1. The van der Waals surface area contributed by atoms with E-state index >= 15 is 0 Å². The third-order valence-electron chi connectivity index (χ3n) is 4.97. The van der Waals surface area contributed by atoms with Crippen LogP contribution in [0.3, 0.4) is 0 Å². The Morgan fingerprint density at radius 2 is 1.08 bits per heavy atom. The quantitative estimate of drug-likeness (QED) is 0.277. The maximum absolute atomic E-state index is 12.9. The molecule has 0 aromatic heterocycles. The Hall–Kier alpha value is -4.03. The van der Waals surface area contributed by atoms with E-state index in [2.05, 4.69) is 9.44 Å². The maximum atomic E-state index is 12.9. The van der Waals surface area contributed by atoms with E-state index < -0.39 is 31.8 Å². The summed E-state index contributed by atoms with van der Waals surface area (Å²) in [5, 5.41) is 0. The van der Waals surface area contributed by atoms with Crippen LogP contribution in [0.2, 0.25) is 0 Å². The molecule has 192 valence electrons. The molecular formula is C25H19F3N2O5S2. The monoisotopic (exact) mass is 548 g/mol. The van der Waals surface area contributed by atoms with Crippen LogP contribution in [-0.2, 0) is 26.2 Å². The molecule has 4 aromatic rings. The first kappa shape index (κ1) is 26.0. The van der Waals surface area contributed by atoms with Gasteiger partial charge in [-0.2, -0.15) is 13.2 Å². The molecule has 2 N–H and O–H groups in total. The summed E-state index contributed by atoms with van der Waals surface area (Å²) in [5.74, 6) is 1.03. The van der Waals surface area contributed by atoms with Crippen LogP contribution >= 0.6 is 0 Å². The molecule has 4 aromatic carbocycles. The van der Waals surface area contributed by atoms with Gasteiger partial charge < -0.3 is 4.74 Å². The molecule has 0 spiro atoms. The molecule has 4 rings (SSSR count). The van der Waals surface area contributed by atoms with Gasteiger partial charge in [0, 0.05) is 11.4 Å². The van der Waals surface area contributed by atoms with Crippen LogP contribution in [0.1, 0.15) is 5.56 Å². The van der Waals surface area contributed by atoms with Crippen LogP contribution < -0.4 is 14.2 Å². The number of hydrogen-bond donors (Lipinski definition) is 2. The smallest absolute Gasteiger partial charge is 0.416 e. The molecule has 37 heavy (non-hydrogen) atoms. The lowest BCUT2D eigenvalue weighted by Crippen LogP contribution is -2.15. The minimum atomic E-state index is -4.63. The van der Waals surface area contributed by atoms with Crippen LogP contribution in [-0.4, -0.2) is 16.8 Å². The zero-order chi connectivity index (χ0) is 26.7. The Labute approximate surface area is 211 Å². The van der Waals surface area contributed by atoms with Gasteiger partial charge >= 0.3 is 6.18 Å². The van der Waals surface area contributed by atoms with Gasteiger partial charge in [0.15, 0.2) is 0 Å². The van der Waals surface area contributed by atoms with Gasteiger partial charge in [0.2, 0.25) is 0 Å². The van der Waals surface area contributed by atoms with Gasteiger partial charge in [0.25, 0.3) is 20.0 Å². The van der Waals surface area contributed by atoms with Crippen molar-refractivity contribution in [1.29, 1.82) is 0 Å². The highest BCUT2D eigenvalue weighted by Gasteiger charge is 2.30. The Morgan fingerprint density at radius 3 is 1.65 bits per heavy atom. The van der Waals surface area contributed by atoms with E-state index in [1.54, 1.807) is 24.3 Å². The van der Waals surface area contributed by atoms with Gasteiger partial charge in [-0.05, 0) is 78.9 Å². The number of halogens is 3.